The molecule has 0 radical (unpaired) electrons. The van der Waals surface area contributed by atoms with Gasteiger partial charge in [0.25, 0.3) is 0 Å². The van der Waals surface area contributed by atoms with Gasteiger partial charge in [-0.2, -0.15) is 5.26 Å². The third-order valence-electron chi connectivity index (χ3n) is 5.82. The van der Waals surface area contributed by atoms with E-state index in [0.29, 0.717) is 29.6 Å². The molecule has 2 aromatic carbocycles. The minimum absolute atomic E-state index is 0.00931. The number of aryl methyl sites for hydroxylation is 1. The van der Waals surface area contributed by atoms with Crippen LogP contribution < -0.4 is 14.4 Å². The number of amides is 1. The average Bonchev–Trinajstić information content (AvgIpc) is 2.83. The molecule has 0 aromatic heterocycles. The van der Waals surface area contributed by atoms with Gasteiger partial charge >= 0.3 is 0 Å². The number of fused-ring (bicyclic) bond motifs is 1. The molecule has 0 saturated carbocycles. The second kappa shape index (κ2) is 8.94. The highest BCUT2D eigenvalue weighted by Crippen LogP contribution is 2.46. The van der Waals surface area contributed by atoms with Crippen molar-refractivity contribution in [2.45, 2.75) is 25.7 Å². The Labute approximate surface area is 187 Å². The van der Waals surface area contributed by atoms with E-state index in [4.69, 9.17) is 9.47 Å². The molecule has 0 aliphatic carbocycles. The highest BCUT2D eigenvalue weighted by Gasteiger charge is 2.39. The Morgan fingerprint density at radius 2 is 2.00 bits per heavy atom. The summed E-state index contributed by atoms with van der Waals surface area (Å²) in [5.41, 5.74) is 3.80. The summed E-state index contributed by atoms with van der Waals surface area (Å²) in [5.74, 6) is 1.67. The largest absolute Gasteiger partial charge is 0.497 e. The molecule has 4 rings (SSSR count). The first-order valence-electron chi connectivity index (χ1n) is 10.2. The molecule has 2 aliphatic rings. The fourth-order valence-corrected chi connectivity index (χ4v) is 5.37. The molecule has 1 atom stereocenters. The third-order valence-corrected chi connectivity index (χ3v) is 6.97. The lowest BCUT2D eigenvalue weighted by Gasteiger charge is -2.42. The van der Waals surface area contributed by atoms with E-state index in [0.717, 1.165) is 22.7 Å². The van der Waals surface area contributed by atoms with Crippen LogP contribution in [0.1, 0.15) is 30.4 Å². The first-order valence-corrected chi connectivity index (χ1v) is 11.2. The van der Waals surface area contributed by atoms with Crippen molar-refractivity contribution in [3.63, 3.8) is 0 Å². The molecule has 160 valence electrons. The van der Waals surface area contributed by atoms with Crippen molar-refractivity contribution < 1.29 is 14.3 Å². The molecule has 2 aliphatic heterocycles. The van der Waals surface area contributed by atoms with E-state index in [-0.39, 0.29) is 18.2 Å². The SMILES string of the molecule is CCc1ccccc1N1CSC2=C(C#N)[C@H](c3cc(OC)ccc3OC)CC(=O)N2C1. The molecule has 1 saturated heterocycles. The number of rotatable bonds is 5. The number of benzene rings is 2. The summed E-state index contributed by atoms with van der Waals surface area (Å²) in [6.45, 7) is 2.58. The second-order valence-electron chi connectivity index (χ2n) is 7.45. The zero-order chi connectivity index (χ0) is 22.0. The molecule has 0 N–H and O–H groups in total. The molecule has 1 fully saturated rings. The van der Waals surface area contributed by atoms with E-state index in [1.54, 1.807) is 30.9 Å². The topological polar surface area (TPSA) is 65.8 Å². The number of carbonyl (C=O) groups excluding carboxylic acids is 1. The number of allylic oxidation sites excluding steroid dienone is 1. The molecule has 7 heteroatoms. The molecule has 2 aromatic rings. The number of nitrogens with zero attached hydrogens (tertiary/aromatic N) is 3. The van der Waals surface area contributed by atoms with Crippen molar-refractivity contribution in [2.24, 2.45) is 0 Å². The number of hydrogen-bond donors (Lipinski definition) is 0. The van der Waals surface area contributed by atoms with Crippen molar-refractivity contribution in [3.8, 4) is 17.6 Å². The van der Waals surface area contributed by atoms with Gasteiger partial charge in [-0.05, 0) is 36.2 Å². The fraction of sp³-hybridized carbons (Fsp3) is 0.333. The van der Waals surface area contributed by atoms with Gasteiger partial charge in [0.2, 0.25) is 5.91 Å². The molecule has 1 amide bonds. The Kier molecular flexibility index (Phi) is 6.10. The maximum Gasteiger partial charge on any atom is 0.229 e. The van der Waals surface area contributed by atoms with Crippen molar-refractivity contribution in [3.05, 3.63) is 64.2 Å². The van der Waals surface area contributed by atoms with E-state index >= 15 is 0 Å². The summed E-state index contributed by atoms with van der Waals surface area (Å²) in [7, 11) is 3.20. The van der Waals surface area contributed by atoms with Gasteiger partial charge in [-0.15, -0.1) is 0 Å². The Hall–Kier alpha value is -3.11. The van der Waals surface area contributed by atoms with Crippen molar-refractivity contribution in [1.29, 1.82) is 5.26 Å². The van der Waals surface area contributed by atoms with E-state index < -0.39 is 0 Å². The van der Waals surface area contributed by atoms with Gasteiger partial charge in [0.1, 0.15) is 11.5 Å². The summed E-state index contributed by atoms with van der Waals surface area (Å²) >= 11 is 1.54. The molecule has 0 spiro atoms. The van der Waals surface area contributed by atoms with Crippen LogP contribution in [0.15, 0.2) is 53.1 Å². The lowest BCUT2D eigenvalue weighted by Crippen LogP contribution is -2.47. The average molecular weight is 436 g/mol. The maximum atomic E-state index is 13.2. The van der Waals surface area contributed by atoms with Gasteiger partial charge in [0, 0.05) is 23.6 Å². The number of ether oxygens (including phenoxy) is 2. The Bertz CT molecular complexity index is 1080. The third kappa shape index (κ3) is 3.84. The smallest absolute Gasteiger partial charge is 0.229 e. The van der Waals surface area contributed by atoms with Crippen molar-refractivity contribution >= 4 is 23.4 Å². The summed E-state index contributed by atoms with van der Waals surface area (Å²) in [4.78, 5) is 17.2. The molecule has 0 unspecified atom stereocenters. The Morgan fingerprint density at radius 1 is 1.19 bits per heavy atom. The summed E-state index contributed by atoms with van der Waals surface area (Å²) < 4.78 is 10.9. The minimum Gasteiger partial charge on any atom is -0.497 e. The van der Waals surface area contributed by atoms with Crippen LogP contribution in [0.5, 0.6) is 11.5 Å². The van der Waals surface area contributed by atoms with E-state index in [9.17, 15) is 10.1 Å². The summed E-state index contributed by atoms with van der Waals surface area (Å²) in [6, 6.07) is 16.2. The molecular formula is C24H25N3O3S. The fourth-order valence-electron chi connectivity index (χ4n) is 4.21. The quantitative estimate of drug-likeness (QED) is 0.690. The predicted octanol–water partition coefficient (Wildman–Crippen LogP) is 4.49. The molecule has 31 heavy (non-hydrogen) atoms. The first-order chi connectivity index (χ1) is 15.1. The normalized spacial score (nSPS) is 18.5. The number of hydrogen-bond acceptors (Lipinski definition) is 6. The molecular weight excluding hydrogens is 410 g/mol. The number of nitriles is 1. The number of carbonyl (C=O) groups is 1. The highest BCUT2D eigenvalue weighted by atomic mass is 32.2. The van der Waals surface area contributed by atoms with Gasteiger partial charge in [-0.25, -0.2) is 0 Å². The number of para-hydroxylation sites is 1. The van der Waals surface area contributed by atoms with Crippen LogP contribution in [0.4, 0.5) is 5.69 Å². The Morgan fingerprint density at radius 3 is 2.71 bits per heavy atom. The standard InChI is InChI=1S/C24H25N3O3S/c1-4-16-7-5-6-8-21(16)26-14-27-23(28)12-18(20(13-25)24(27)31-15-26)19-11-17(29-2)9-10-22(19)30-3/h5-11,18H,4,12,14-15H2,1-3H3/t18-/m0/s1. The highest BCUT2D eigenvalue weighted by molar-refractivity contribution is 8.03. The molecule has 0 bridgehead atoms. The van der Waals surface area contributed by atoms with Crippen LogP contribution >= 0.6 is 11.8 Å². The van der Waals surface area contributed by atoms with Gasteiger partial charge in [-0.3, -0.25) is 9.69 Å². The van der Waals surface area contributed by atoms with Gasteiger partial charge < -0.3 is 14.4 Å². The number of anilines is 1. The van der Waals surface area contributed by atoms with Crippen LogP contribution in [0.2, 0.25) is 0 Å². The lowest BCUT2D eigenvalue weighted by molar-refractivity contribution is -0.129. The maximum absolute atomic E-state index is 13.2. The number of methoxy groups -OCH3 is 2. The zero-order valence-electron chi connectivity index (χ0n) is 17.9. The zero-order valence-corrected chi connectivity index (χ0v) is 18.7. The van der Waals surface area contributed by atoms with Crippen LogP contribution in [-0.2, 0) is 11.2 Å². The van der Waals surface area contributed by atoms with Crippen molar-refractivity contribution in [1.82, 2.24) is 4.90 Å². The van der Waals surface area contributed by atoms with Crippen LogP contribution in [0, 0.1) is 11.3 Å². The molecule has 6 nitrogen and oxygen atoms in total. The van der Waals surface area contributed by atoms with Gasteiger partial charge in [-0.1, -0.05) is 36.9 Å². The van der Waals surface area contributed by atoms with Crippen LogP contribution in [0.3, 0.4) is 0 Å². The number of thioether (sulfide) groups is 1. The first kappa shape index (κ1) is 21.1. The molecule has 2 heterocycles. The van der Waals surface area contributed by atoms with Gasteiger partial charge in [0.15, 0.2) is 0 Å². The van der Waals surface area contributed by atoms with E-state index in [1.807, 2.05) is 30.3 Å². The van der Waals surface area contributed by atoms with E-state index in [1.165, 1.54) is 5.56 Å². The predicted molar refractivity (Wildman–Crippen MR) is 122 cm³/mol. The monoisotopic (exact) mass is 435 g/mol. The van der Waals surface area contributed by atoms with Gasteiger partial charge in [0.05, 0.1) is 43.4 Å². The minimum atomic E-state index is -0.351. The summed E-state index contributed by atoms with van der Waals surface area (Å²) in [5, 5.41) is 10.8. The van der Waals surface area contributed by atoms with Crippen LogP contribution in [0.25, 0.3) is 0 Å². The van der Waals surface area contributed by atoms with Crippen LogP contribution in [-0.4, -0.2) is 37.6 Å². The summed E-state index contributed by atoms with van der Waals surface area (Å²) in [6.07, 6.45) is 1.15. The van der Waals surface area contributed by atoms with E-state index in [2.05, 4.69) is 30.0 Å². The Balaban J connectivity index is 1.71. The lowest BCUT2D eigenvalue weighted by atomic mass is 9.86. The van der Waals surface area contributed by atoms with Crippen molar-refractivity contribution in [2.75, 3.05) is 31.7 Å². The second-order valence-corrected chi connectivity index (χ2v) is 8.39.